The molecule has 9 aromatic carbocycles. The molecule has 0 amide bonds. The van der Waals surface area contributed by atoms with Crippen LogP contribution in [-0.2, 0) is 6.42 Å². The van der Waals surface area contributed by atoms with E-state index in [0.29, 0.717) is 0 Å². The zero-order valence-electron chi connectivity index (χ0n) is 29.4. The largest absolute Gasteiger partial charge is 0.452 e. The Morgan fingerprint density at radius 2 is 0.870 bits per heavy atom. The van der Waals surface area contributed by atoms with Crippen molar-refractivity contribution in [2.45, 2.75) is 12.8 Å². The third kappa shape index (κ3) is 4.22. The van der Waals surface area contributed by atoms with Crippen molar-refractivity contribution in [1.82, 2.24) is 0 Å². The smallest absolute Gasteiger partial charge is 0.179 e. The molecule has 2 heteroatoms. The van der Waals surface area contributed by atoms with Crippen molar-refractivity contribution in [1.29, 1.82) is 0 Å². The maximum absolute atomic E-state index is 6.63. The molecule has 1 aliphatic rings. The summed E-state index contributed by atoms with van der Waals surface area (Å²) < 4.78 is 13.1. The van der Waals surface area contributed by atoms with Crippen molar-refractivity contribution in [2.24, 2.45) is 0 Å². The SMILES string of the molecule is C1=Cc2ccc(-c3c4ccccc4c(-c4ccc(-c5ccc6oc7c8oc9ccccc9c8c8ccccc8c7c6c5)cc4)c4ccccc34)cc2CC1. The van der Waals surface area contributed by atoms with Crippen LogP contribution in [0.3, 0.4) is 0 Å². The quantitative estimate of drug-likeness (QED) is 0.173. The summed E-state index contributed by atoms with van der Waals surface area (Å²) in [5, 5.41) is 11.9. The molecule has 0 spiro atoms. The Kier molecular flexibility index (Phi) is 6.20. The minimum atomic E-state index is 0.803. The second-order valence-electron chi connectivity index (χ2n) is 14.6. The summed E-state index contributed by atoms with van der Waals surface area (Å²) in [6.07, 6.45) is 6.74. The van der Waals surface area contributed by atoms with Gasteiger partial charge in [0.05, 0.1) is 0 Å². The fourth-order valence-electron chi connectivity index (χ4n) is 9.27. The van der Waals surface area contributed by atoms with Crippen LogP contribution >= 0.6 is 0 Å². The van der Waals surface area contributed by atoms with Crippen LogP contribution in [0, 0.1) is 0 Å². The van der Waals surface area contributed by atoms with Gasteiger partial charge in [-0.1, -0.05) is 152 Å². The highest BCUT2D eigenvalue weighted by Gasteiger charge is 2.22. The lowest BCUT2D eigenvalue weighted by Crippen LogP contribution is -1.96. The van der Waals surface area contributed by atoms with Gasteiger partial charge in [0.1, 0.15) is 11.2 Å². The number of furan rings is 2. The molecule has 1 aliphatic carbocycles. The molecule has 252 valence electrons. The molecule has 0 aliphatic heterocycles. The van der Waals surface area contributed by atoms with Crippen molar-refractivity contribution >= 4 is 82.3 Å². The van der Waals surface area contributed by atoms with Crippen LogP contribution in [-0.4, -0.2) is 0 Å². The van der Waals surface area contributed by atoms with Crippen LogP contribution in [0.25, 0.3) is 116 Å². The lowest BCUT2D eigenvalue weighted by Gasteiger charge is -2.19. The summed E-state index contributed by atoms with van der Waals surface area (Å²) in [6.45, 7) is 0. The maximum Gasteiger partial charge on any atom is 0.179 e. The molecule has 0 unspecified atom stereocenters. The van der Waals surface area contributed by atoms with Crippen molar-refractivity contribution in [3.8, 4) is 33.4 Å². The summed E-state index contributed by atoms with van der Waals surface area (Å²) in [6, 6.07) is 57.4. The Hall–Kier alpha value is -6.90. The number of fused-ring (bicyclic) bond motifs is 13. The molecule has 0 atom stereocenters. The number of allylic oxidation sites excluding steroid dienone is 1. The molecule has 2 heterocycles. The first-order chi connectivity index (χ1) is 26.8. The summed E-state index contributed by atoms with van der Waals surface area (Å²) >= 11 is 0. The topological polar surface area (TPSA) is 26.3 Å². The zero-order chi connectivity index (χ0) is 35.3. The number of aryl methyl sites for hydroxylation is 1. The molecule has 12 rings (SSSR count). The Balaban J connectivity index is 1.02. The molecule has 11 aromatic rings. The van der Waals surface area contributed by atoms with E-state index in [1.54, 1.807) is 0 Å². The predicted molar refractivity (Wildman–Crippen MR) is 227 cm³/mol. The fourth-order valence-corrected chi connectivity index (χ4v) is 9.27. The summed E-state index contributed by atoms with van der Waals surface area (Å²) in [5.74, 6) is 0. The van der Waals surface area contributed by atoms with Crippen LogP contribution in [0.4, 0.5) is 0 Å². The molecule has 0 N–H and O–H groups in total. The van der Waals surface area contributed by atoms with E-state index in [2.05, 4.69) is 158 Å². The van der Waals surface area contributed by atoms with Gasteiger partial charge >= 0.3 is 0 Å². The zero-order valence-corrected chi connectivity index (χ0v) is 29.4. The van der Waals surface area contributed by atoms with Gasteiger partial charge in [-0.2, -0.15) is 0 Å². The van der Waals surface area contributed by atoms with E-state index in [9.17, 15) is 0 Å². The first kappa shape index (κ1) is 29.7. The third-order valence-electron chi connectivity index (χ3n) is 11.7. The summed E-state index contributed by atoms with van der Waals surface area (Å²) in [5.41, 5.74) is 13.5. The Morgan fingerprint density at radius 3 is 1.54 bits per heavy atom. The molecule has 0 fully saturated rings. The van der Waals surface area contributed by atoms with E-state index >= 15 is 0 Å². The normalized spacial score (nSPS) is 13.0. The molecule has 54 heavy (non-hydrogen) atoms. The minimum Gasteiger partial charge on any atom is -0.452 e. The van der Waals surface area contributed by atoms with Crippen molar-refractivity contribution in [3.05, 3.63) is 175 Å². The Labute approximate surface area is 311 Å². The van der Waals surface area contributed by atoms with Gasteiger partial charge in [-0.25, -0.2) is 0 Å². The molecular weight excluding hydrogens is 657 g/mol. The molecule has 0 bridgehead atoms. The second-order valence-corrected chi connectivity index (χ2v) is 14.6. The Morgan fingerprint density at radius 1 is 0.370 bits per heavy atom. The summed E-state index contributed by atoms with van der Waals surface area (Å²) in [7, 11) is 0. The van der Waals surface area contributed by atoms with E-state index < -0.39 is 0 Å². The van der Waals surface area contributed by atoms with Crippen LogP contribution in [0.1, 0.15) is 17.5 Å². The Bertz CT molecular complexity index is 3310. The lowest BCUT2D eigenvalue weighted by molar-refractivity contribution is 0.633. The van der Waals surface area contributed by atoms with Crippen LogP contribution in [0.5, 0.6) is 0 Å². The number of rotatable bonds is 3. The number of benzene rings is 9. The molecule has 0 saturated carbocycles. The van der Waals surface area contributed by atoms with E-state index in [1.807, 2.05) is 12.1 Å². The van der Waals surface area contributed by atoms with Gasteiger partial charge in [-0.15, -0.1) is 0 Å². The van der Waals surface area contributed by atoms with Gasteiger partial charge < -0.3 is 8.83 Å². The molecule has 2 aromatic heterocycles. The van der Waals surface area contributed by atoms with E-state index in [0.717, 1.165) is 67.8 Å². The third-order valence-corrected chi connectivity index (χ3v) is 11.7. The van der Waals surface area contributed by atoms with Crippen LogP contribution < -0.4 is 0 Å². The lowest BCUT2D eigenvalue weighted by atomic mass is 9.84. The van der Waals surface area contributed by atoms with Gasteiger partial charge in [-0.05, 0) is 108 Å². The van der Waals surface area contributed by atoms with Gasteiger partial charge in [0, 0.05) is 21.5 Å². The summed E-state index contributed by atoms with van der Waals surface area (Å²) in [4.78, 5) is 0. The molecule has 0 saturated heterocycles. The average Bonchev–Trinajstić information content (AvgIpc) is 3.82. The average molecular weight is 689 g/mol. The second kappa shape index (κ2) is 11.3. The van der Waals surface area contributed by atoms with E-state index in [-0.39, 0.29) is 0 Å². The van der Waals surface area contributed by atoms with Gasteiger partial charge in [-0.3, -0.25) is 0 Å². The molecule has 2 nitrogen and oxygen atoms in total. The van der Waals surface area contributed by atoms with Crippen molar-refractivity contribution < 1.29 is 8.83 Å². The first-order valence-electron chi connectivity index (χ1n) is 18.8. The fraction of sp³-hybridized carbons (Fsp3) is 0.0385. The molecule has 0 radical (unpaired) electrons. The van der Waals surface area contributed by atoms with Crippen molar-refractivity contribution in [3.63, 3.8) is 0 Å². The van der Waals surface area contributed by atoms with E-state index in [1.165, 1.54) is 65.7 Å². The van der Waals surface area contributed by atoms with Gasteiger partial charge in [0.2, 0.25) is 0 Å². The number of hydrogen-bond donors (Lipinski definition) is 0. The van der Waals surface area contributed by atoms with Crippen LogP contribution in [0.2, 0.25) is 0 Å². The number of hydrogen-bond acceptors (Lipinski definition) is 2. The highest BCUT2D eigenvalue weighted by Crippen LogP contribution is 2.47. The first-order valence-corrected chi connectivity index (χ1v) is 18.8. The minimum absolute atomic E-state index is 0.803. The predicted octanol–water partition coefficient (Wildman–Crippen LogP) is 14.9. The van der Waals surface area contributed by atoms with Gasteiger partial charge in [0.15, 0.2) is 11.2 Å². The van der Waals surface area contributed by atoms with Gasteiger partial charge in [0.25, 0.3) is 0 Å². The monoisotopic (exact) mass is 688 g/mol. The molecular formula is C52H32O2. The number of para-hydroxylation sites is 1. The highest BCUT2D eigenvalue weighted by atomic mass is 16.4. The van der Waals surface area contributed by atoms with Crippen LogP contribution in [0.15, 0.2) is 173 Å². The van der Waals surface area contributed by atoms with Crippen molar-refractivity contribution in [2.75, 3.05) is 0 Å². The maximum atomic E-state index is 6.63. The highest BCUT2D eigenvalue weighted by molar-refractivity contribution is 6.33. The standard InChI is InChI=1S/C52H32O2/c1-2-12-34-29-36(26-23-31(34)11-1)48-39-15-5-3-13-37(39)47(38-14-4-6-16-40(38)48)33-24-21-32(22-25-33)35-27-28-46-44(30-35)50-42-18-8-7-17-41(42)49-43-19-9-10-20-45(43)53-51(49)52(50)54-46/h1,3-11,13-30H,2,12H2. The van der Waals surface area contributed by atoms with E-state index in [4.69, 9.17) is 8.83 Å².